The van der Waals surface area contributed by atoms with E-state index in [9.17, 15) is 9.36 Å². The van der Waals surface area contributed by atoms with Gasteiger partial charge in [0.1, 0.15) is 0 Å². The van der Waals surface area contributed by atoms with Crippen LogP contribution in [0.15, 0.2) is 0 Å². The molecule has 0 aromatic rings. The molecule has 10 heavy (non-hydrogen) atoms. The fourth-order valence-electron chi connectivity index (χ4n) is 0. The molecule has 0 aliphatic rings. The van der Waals surface area contributed by atoms with Crippen molar-refractivity contribution in [1.82, 2.24) is 0 Å². The summed E-state index contributed by atoms with van der Waals surface area (Å²) >= 11 is 0. The van der Waals surface area contributed by atoms with E-state index in [2.05, 4.69) is 0 Å². The molecule has 0 amide bonds. The predicted octanol–water partition coefficient (Wildman–Crippen LogP) is -1.30. The van der Waals surface area contributed by atoms with Crippen LogP contribution in [-0.2, 0) is 4.57 Å². The zero-order chi connectivity index (χ0) is 6.08. The van der Waals surface area contributed by atoms with Gasteiger partial charge >= 0.3 is 13.3 Å². The van der Waals surface area contributed by atoms with E-state index in [1.54, 1.807) is 0 Å². The van der Waals surface area contributed by atoms with Crippen molar-refractivity contribution in [2.24, 2.45) is 0 Å². The molecule has 0 aromatic heterocycles. The third-order valence-corrected chi connectivity index (χ3v) is 0.748. The molecular formula is CH3Na3O5P. The second kappa shape index (κ2) is 9.71. The molecule has 0 aliphatic carbocycles. The standard InChI is InChI=1S/CH3O5P.3Na/c2-1(3)7(4,5)6;;;/h(H,2,3)(H2,4,5,6);;;. The minimum atomic E-state index is -4.82. The van der Waals surface area contributed by atoms with Gasteiger partial charge in [0.15, 0.2) is 0 Å². The fourth-order valence-corrected chi connectivity index (χ4v) is 0. The number of carbonyl (C=O) groups is 1. The number of hydrogen-bond acceptors (Lipinski definition) is 2. The zero-order valence-corrected chi connectivity index (χ0v) is 13.0. The second-order valence-corrected chi connectivity index (χ2v) is 2.30. The van der Waals surface area contributed by atoms with E-state index in [0.29, 0.717) is 0 Å². The molecule has 3 radical (unpaired) electrons. The maximum atomic E-state index is 9.43. The summed E-state index contributed by atoms with van der Waals surface area (Å²) in [6, 6.07) is 0. The van der Waals surface area contributed by atoms with Crippen molar-refractivity contribution in [3.63, 3.8) is 0 Å². The van der Waals surface area contributed by atoms with Gasteiger partial charge in [-0.25, -0.2) is 9.36 Å². The number of rotatable bonds is 1. The van der Waals surface area contributed by atoms with Gasteiger partial charge in [-0.3, -0.25) is 0 Å². The van der Waals surface area contributed by atoms with Crippen molar-refractivity contribution in [3.8, 4) is 0 Å². The van der Waals surface area contributed by atoms with Crippen molar-refractivity contribution in [1.29, 1.82) is 0 Å². The van der Waals surface area contributed by atoms with Crippen LogP contribution in [0.3, 0.4) is 0 Å². The molecule has 0 heterocycles. The molecule has 0 saturated carbocycles. The van der Waals surface area contributed by atoms with Crippen molar-refractivity contribution in [3.05, 3.63) is 0 Å². The molecule has 45 valence electrons. The molecule has 0 fully saturated rings. The van der Waals surface area contributed by atoms with Crippen LogP contribution in [-0.4, -0.2) is 109 Å². The summed E-state index contributed by atoms with van der Waals surface area (Å²) in [5, 5.41) is 7.49. The van der Waals surface area contributed by atoms with Gasteiger partial charge in [0, 0.05) is 88.7 Å². The Kier molecular flexibility index (Phi) is 22.3. The molecule has 0 atom stereocenters. The molecule has 0 bridgehead atoms. The molecule has 0 aliphatic heterocycles. The van der Waals surface area contributed by atoms with E-state index in [1.807, 2.05) is 0 Å². The largest absolute Gasteiger partial charge is 0.472 e. The van der Waals surface area contributed by atoms with E-state index in [-0.39, 0.29) is 88.7 Å². The minimum absolute atomic E-state index is 0. The summed E-state index contributed by atoms with van der Waals surface area (Å²) in [6.45, 7) is 0. The van der Waals surface area contributed by atoms with Crippen LogP contribution in [0.25, 0.3) is 0 Å². The SMILES string of the molecule is O=C(O)P(=O)(O)O.[Na].[Na].[Na]. The monoisotopic (exact) mass is 195 g/mol. The van der Waals surface area contributed by atoms with Gasteiger partial charge in [-0.2, -0.15) is 0 Å². The van der Waals surface area contributed by atoms with Gasteiger partial charge in [0.25, 0.3) is 0 Å². The first-order valence-electron chi connectivity index (χ1n) is 1.23. The Morgan fingerprint density at radius 2 is 1.20 bits per heavy atom. The molecule has 9 heteroatoms. The van der Waals surface area contributed by atoms with Gasteiger partial charge in [-0.1, -0.05) is 0 Å². The zero-order valence-electron chi connectivity index (χ0n) is 6.11. The number of carboxylic acid groups (broad SMARTS) is 1. The summed E-state index contributed by atoms with van der Waals surface area (Å²) < 4.78 is 9.43. The van der Waals surface area contributed by atoms with Crippen LogP contribution in [0.5, 0.6) is 0 Å². The molecular weight excluding hydrogens is 192 g/mol. The minimum Gasteiger partial charge on any atom is -0.472 e. The van der Waals surface area contributed by atoms with Crippen LogP contribution in [0.2, 0.25) is 0 Å². The Morgan fingerprint density at radius 1 is 1.10 bits per heavy atom. The first-order valence-corrected chi connectivity index (χ1v) is 2.85. The molecule has 0 rings (SSSR count). The van der Waals surface area contributed by atoms with E-state index in [4.69, 9.17) is 14.9 Å². The molecule has 0 spiro atoms. The van der Waals surface area contributed by atoms with Crippen LogP contribution >= 0.6 is 7.60 Å². The van der Waals surface area contributed by atoms with Crippen molar-refractivity contribution < 1.29 is 24.3 Å². The third-order valence-electron chi connectivity index (χ3n) is 0.249. The maximum Gasteiger partial charge on any atom is 0.433 e. The fraction of sp³-hybridized carbons (Fsp3) is 0. The Hall–Kier alpha value is 2.62. The van der Waals surface area contributed by atoms with Crippen molar-refractivity contribution >= 4 is 102 Å². The van der Waals surface area contributed by atoms with Crippen LogP contribution in [0.1, 0.15) is 0 Å². The van der Waals surface area contributed by atoms with E-state index < -0.39 is 13.3 Å². The smallest absolute Gasteiger partial charge is 0.433 e. The predicted molar refractivity (Wildman–Crippen MR) is 37.3 cm³/mol. The van der Waals surface area contributed by atoms with E-state index in [1.165, 1.54) is 0 Å². The first-order chi connectivity index (χ1) is 2.94. The average molecular weight is 195 g/mol. The van der Waals surface area contributed by atoms with Crippen LogP contribution in [0.4, 0.5) is 4.79 Å². The van der Waals surface area contributed by atoms with E-state index in [0.717, 1.165) is 0 Å². The van der Waals surface area contributed by atoms with Gasteiger partial charge in [0.05, 0.1) is 0 Å². The summed E-state index contributed by atoms with van der Waals surface area (Å²) in [4.78, 5) is 24.5. The summed E-state index contributed by atoms with van der Waals surface area (Å²) in [7, 11) is -4.82. The van der Waals surface area contributed by atoms with Crippen molar-refractivity contribution in [2.75, 3.05) is 0 Å². The maximum absolute atomic E-state index is 9.43. The summed E-state index contributed by atoms with van der Waals surface area (Å²) in [5.41, 5.74) is -2.09. The Morgan fingerprint density at radius 3 is 1.20 bits per heavy atom. The first kappa shape index (κ1) is 22.9. The van der Waals surface area contributed by atoms with Gasteiger partial charge < -0.3 is 14.9 Å². The molecule has 0 aromatic carbocycles. The van der Waals surface area contributed by atoms with Gasteiger partial charge in [-0.05, 0) is 0 Å². The Bertz CT molecular complexity index is 129. The van der Waals surface area contributed by atoms with E-state index >= 15 is 0 Å². The van der Waals surface area contributed by atoms with Gasteiger partial charge in [-0.15, -0.1) is 0 Å². The summed E-state index contributed by atoms with van der Waals surface area (Å²) in [6.07, 6.45) is 0. The normalized spacial score (nSPS) is 7.80. The van der Waals surface area contributed by atoms with Crippen molar-refractivity contribution in [2.45, 2.75) is 0 Å². The molecule has 0 unspecified atom stereocenters. The Labute approximate surface area is 124 Å². The molecule has 3 N–H and O–H groups in total. The molecule has 5 nitrogen and oxygen atoms in total. The average Bonchev–Trinajstić information content (AvgIpc) is 1.31. The second-order valence-electron chi connectivity index (χ2n) is 0.827. The van der Waals surface area contributed by atoms with Crippen LogP contribution < -0.4 is 0 Å². The van der Waals surface area contributed by atoms with Crippen LogP contribution in [0, 0.1) is 0 Å². The summed E-state index contributed by atoms with van der Waals surface area (Å²) in [5.74, 6) is 0. The number of hydrogen-bond donors (Lipinski definition) is 3. The third kappa shape index (κ3) is 13.2. The Balaban J connectivity index is -0.0000000600. The molecule has 0 saturated heterocycles. The topological polar surface area (TPSA) is 94.8 Å². The quantitative estimate of drug-likeness (QED) is 0.357. The van der Waals surface area contributed by atoms with Gasteiger partial charge in [0.2, 0.25) is 0 Å².